The van der Waals surface area contributed by atoms with Gasteiger partial charge in [0.2, 0.25) is 11.8 Å². The summed E-state index contributed by atoms with van der Waals surface area (Å²) in [7, 11) is 1.80. The van der Waals surface area contributed by atoms with Crippen LogP contribution in [0.1, 0.15) is 23.0 Å². The van der Waals surface area contributed by atoms with Gasteiger partial charge in [-0.3, -0.25) is 4.79 Å². The first kappa shape index (κ1) is 11.3. The molecule has 0 unspecified atom stereocenters. The van der Waals surface area contributed by atoms with Gasteiger partial charge in [-0.05, 0) is 19.9 Å². The van der Waals surface area contributed by atoms with Gasteiger partial charge in [0.05, 0.1) is 5.69 Å². The number of hydrogen-bond acceptors (Lipinski definition) is 4. The number of carbonyl (C=O) groups is 1. The smallest absolute Gasteiger partial charge is 0.221 e. The van der Waals surface area contributed by atoms with Crippen LogP contribution in [0.2, 0.25) is 0 Å². The van der Waals surface area contributed by atoms with Crippen LogP contribution in [-0.2, 0) is 7.05 Å². The fourth-order valence-electron chi connectivity index (χ4n) is 1.44. The number of hydrogen-bond donors (Lipinski definition) is 0. The maximum absolute atomic E-state index is 11.1. The molecule has 0 aliphatic rings. The zero-order valence-corrected chi connectivity index (χ0v) is 9.97. The Morgan fingerprint density at radius 1 is 1.41 bits per heavy atom. The summed E-state index contributed by atoms with van der Waals surface area (Å²) >= 11 is 0. The fourth-order valence-corrected chi connectivity index (χ4v) is 1.44. The van der Waals surface area contributed by atoms with Crippen molar-refractivity contribution in [2.24, 2.45) is 7.05 Å². The standard InChI is InChI=1S/C12H13N3O2/c1-8-6-12(15(3)14-8)17-11-5-4-10(7-13-11)9(2)16/h4-7H,1-3H3. The highest BCUT2D eigenvalue weighted by molar-refractivity contribution is 5.93. The molecule has 0 saturated heterocycles. The second-order valence-electron chi connectivity index (χ2n) is 3.79. The number of aromatic nitrogens is 3. The Morgan fingerprint density at radius 3 is 2.65 bits per heavy atom. The summed E-state index contributed by atoms with van der Waals surface area (Å²) in [6.45, 7) is 3.39. The molecule has 88 valence electrons. The van der Waals surface area contributed by atoms with Crippen molar-refractivity contribution >= 4 is 5.78 Å². The lowest BCUT2D eigenvalue weighted by Gasteiger charge is -2.04. The van der Waals surface area contributed by atoms with Gasteiger partial charge >= 0.3 is 0 Å². The van der Waals surface area contributed by atoms with Crippen LogP contribution in [0.3, 0.4) is 0 Å². The zero-order valence-electron chi connectivity index (χ0n) is 9.97. The van der Waals surface area contributed by atoms with Crippen LogP contribution < -0.4 is 4.74 Å². The molecule has 0 saturated carbocycles. The topological polar surface area (TPSA) is 57.0 Å². The van der Waals surface area contributed by atoms with Crippen LogP contribution in [-0.4, -0.2) is 20.5 Å². The van der Waals surface area contributed by atoms with Crippen molar-refractivity contribution in [1.82, 2.24) is 14.8 Å². The minimum atomic E-state index is -0.0135. The Balaban J connectivity index is 2.19. The van der Waals surface area contributed by atoms with Crippen molar-refractivity contribution < 1.29 is 9.53 Å². The third-order valence-corrected chi connectivity index (χ3v) is 2.31. The molecule has 0 aliphatic heterocycles. The molecule has 2 heterocycles. The summed E-state index contributed by atoms with van der Waals surface area (Å²) in [5, 5.41) is 4.16. The van der Waals surface area contributed by atoms with Crippen molar-refractivity contribution in [3.63, 3.8) is 0 Å². The van der Waals surface area contributed by atoms with E-state index in [0.29, 0.717) is 17.3 Å². The quantitative estimate of drug-likeness (QED) is 0.759. The van der Waals surface area contributed by atoms with E-state index >= 15 is 0 Å². The van der Waals surface area contributed by atoms with E-state index in [4.69, 9.17) is 4.74 Å². The molecular formula is C12H13N3O2. The average molecular weight is 231 g/mol. The summed E-state index contributed by atoms with van der Waals surface area (Å²) in [6, 6.07) is 5.17. The van der Waals surface area contributed by atoms with Crippen LogP contribution in [0.25, 0.3) is 0 Å². The lowest BCUT2D eigenvalue weighted by atomic mass is 10.2. The minimum absolute atomic E-state index is 0.0135. The van der Waals surface area contributed by atoms with Gasteiger partial charge in [0.25, 0.3) is 0 Å². The Labute approximate surface area is 99.1 Å². The molecule has 5 nitrogen and oxygen atoms in total. The molecule has 0 bridgehead atoms. The molecule has 5 heteroatoms. The largest absolute Gasteiger partial charge is 0.421 e. The first-order chi connectivity index (χ1) is 8.06. The van der Waals surface area contributed by atoms with Crippen LogP contribution in [0.5, 0.6) is 11.8 Å². The SMILES string of the molecule is CC(=O)c1ccc(Oc2cc(C)nn2C)nc1. The van der Waals surface area contributed by atoms with E-state index in [0.717, 1.165) is 5.69 Å². The first-order valence-corrected chi connectivity index (χ1v) is 5.22. The molecule has 0 aliphatic carbocycles. The van der Waals surface area contributed by atoms with Gasteiger partial charge in [0, 0.05) is 30.9 Å². The predicted molar refractivity (Wildman–Crippen MR) is 62.3 cm³/mol. The van der Waals surface area contributed by atoms with Crippen LogP contribution in [0.15, 0.2) is 24.4 Å². The first-order valence-electron chi connectivity index (χ1n) is 5.22. The number of pyridine rings is 1. The molecular weight excluding hydrogens is 218 g/mol. The highest BCUT2D eigenvalue weighted by Crippen LogP contribution is 2.19. The molecule has 2 aromatic rings. The molecule has 0 aromatic carbocycles. The third-order valence-electron chi connectivity index (χ3n) is 2.31. The second-order valence-corrected chi connectivity index (χ2v) is 3.79. The zero-order chi connectivity index (χ0) is 12.4. The van der Waals surface area contributed by atoms with Gasteiger partial charge in [-0.25, -0.2) is 9.67 Å². The van der Waals surface area contributed by atoms with Gasteiger partial charge in [0.15, 0.2) is 5.78 Å². The van der Waals surface area contributed by atoms with Crippen molar-refractivity contribution in [3.05, 3.63) is 35.7 Å². The number of aryl methyl sites for hydroxylation is 2. The van der Waals surface area contributed by atoms with E-state index in [2.05, 4.69) is 10.1 Å². The number of ketones is 1. The minimum Gasteiger partial charge on any atom is -0.421 e. The number of ether oxygens (including phenoxy) is 1. The highest BCUT2D eigenvalue weighted by atomic mass is 16.5. The molecule has 17 heavy (non-hydrogen) atoms. The van der Waals surface area contributed by atoms with Gasteiger partial charge < -0.3 is 4.74 Å². The molecule has 0 amide bonds. The van der Waals surface area contributed by atoms with Crippen LogP contribution in [0.4, 0.5) is 0 Å². The lowest BCUT2D eigenvalue weighted by molar-refractivity contribution is 0.101. The highest BCUT2D eigenvalue weighted by Gasteiger charge is 2.06. The number of rotatable bonds is 3. The number of carbonyl (C=O) groups excluding carboxylic acids is 1. The van der Waals surface area contributed by atoms with Gasteiger partial charge in [-0.2, -0.15) is 5.10 Å². The van der Waals surface area contributed by atoms with E-state index in [9.17, 15) is 4.79 Å². The Morgan fingerprint density at radius 2 is 2.18 bits per heavy atom. The summed E-state index contributed by atoms with van der Waals surface area (Å²) in [5.74, 6) is 1.05. The van der Waals surface area contributed by atoms with Gasteiger partial charge in [-0.15, -0.1) is 0 Å². The van der Waals surface area contributed by atoms with Crippen molar-refractivity contribution in [1.29, 1.82) is 0 Å². The molecule has 0 N–H and O–H groups in total. The maximum Gasteiger partial charge on any atom is 0.221 e. The monoisotopic (exact) mass is 231 g/mol. The Hall–Kier alpha value is -2.17. The maximum atomic E-state index is 11.1. The number of nitrogens with zero attached hydrogens (tertiary/aromatic N) is 3. The molecule has 0 atom stereocenters. The van der Waals surface area contributed by atoms with Gasteiger partial charge in [0.1, 0.15) is 0 Å². The molecule has 0 radical (unpaired) electrons. The van der Waals surface area contributed by atoms with Crippen molar-refractivity contribution in [2.45, 2.75) is 13.8 Å². The normalized spacial score (nSPS) is 10.3. The van der Waals surface area contributed by atoms with Crippen molar-refractivity contribution in [3.8, 4) is 11.8 Å². The second kappa shape index (κ2) is 4.37. The molecule has 0 spiro atoms. The predicted octanol–water partition coefficient (Wildman–Crippen LogP) is 2.12. The van der Waals surface area contributed by atoms with Gasteiger partial charge in [-0.1, -0.05) is 0 Å². The van der Waals surface area contributed by atoms with E-state index in [1.54, 1.807) is 23.9 Å². The molecule has 2 rings (SSSR count). The third kappa shape index (κ3) is 2.50. The van der Waals surface area contributed by atoms with E-state index in [1.165, 1.54) is 13.1 Å². The number of Topliss-reactive ketones (excluding diaryl/α,β-unsaturated/α-hetero) is 1. The van der Waals surface area contributed by atoms with E-state index in [-0.39, 0.29) is 5.78 Å². The fraction of sp³-hybridized carbons (Fsp3) is 0.250. The van der Waals surface area contributed by atoms with Crippen LogP contribution in [0, 0.1) is 6.92 Å². The van der Waals surface area contributed by atoms with E-state index < -0.39 is 0 Å². The van der Waals surface area contributed by atoms with Crippen molar-refractivity contribution in [2.75, 3.05) is 0 Å². The summed E-state index contributed by atoms with van der Waals surface area (Å²) in [6.07, 6.45) is 1.50. The lowest BCUT2D eigenvalue weighted by Crippen LogP contribution is -1.98. The Bertz CT molecular complexity index is 543. The summed E-state index contributed by atoms with van der Waals surface area (Å²) < 4.78 is 7.18. The van der Waals surface area contributed by atoms with E-state index in [1.807, 2.05) is 13.0 Å². The summed E-state index contributed by atoms with van der Waals surface area (Å²) in [5.41, 5.74) is 1.45. The molecule has 0 fully saturated rings. The average Bonchev–Trinajstić information content (AvgIpc) is 2.58. The summed E-state index contributed by atoms with van der Waals surface area (Å²) in [4.78, 5) is 15.1. The van der Waals surface area contributed by atoms with Crippen LogP contribution >= 0.6 is 0 Å². The molecule has 2 aromatic heterocycles. The Kier molecular flexibility index (Phi) is 2.91.